The number of hydrogen-bond donors (Lipinski definition) is 0. The molecular formula is C18H19N5O2S. The fourth-order valence-corrected chi connectivity index (χ4v) is 4.09. The van der Waals surface area contributed by atoms with Gasteiger partial charge in [-0.05, 0) is 38.3 Å². The summed E-state index contributed by atoms with van der Waals surface area (Å²) < 4.78 is 5.32. The lowest BCUT2D eigenvalue weighted by molar-refractivity contribution is 0.0715. The van der Waals surface area contributed by atoms with Crippen molar-refractivity contribution in [1.82, 2.24) is 25.0 Å². The molecule has 0 aliphatic carbocycles. The Hall–Kier alpha value is -2.61. The number of carbonyl (C=O) groups is 1. The summed E-state index contributed by atoms with van der Waals surface area (Å²) in [6.07, 6.45) is 6.45. The molecule has 3 aromatic heterocycles. The monoisotopic (exact) mass is 369 g/mol. The highest BCUT2D eigenvalue weighted by Gasteiger charge is 2.28. The molecule has 3 aromatic rings. The predicted molar refractivity (Wildman–Crippen MR) is 97.0 cm³/mol. The van der Waals surface area contributed by atoms with E-state index >= 15 is 0 Å². The number of likely N-dealkylation sites (tertiary alicyclic amines) is 1. The lowest BCUT2D eigenvalue weighted by atomic mass is 9.96. The van der Waals surface area contributed by atoms with Gasteiger partial charge < -0.3 is 9.42 Å². The van der Waals surface area contributed by atoms with Crippen LogP contribution in [0.5, 0.6) is 0 Å². The van der Waals surface area contributed by atoms with Crippen molar-refractivity contribution in [3.05, 3.63) is 45.8 Å². The van der Waals surface area contributed by atoms with Gasteiger partial charge in [-0.1, -0.05) is 5.16 Å². The third-order valence-corrected chi connectivity index (χ3v) is 5.89. The number of piperidine rings is 1. The summed E-state index contributed by atoms with van der Waals surface area (Å²) in [6, 6.07) is 1.99. The van der Waals surface area contributed by atoms with Crippen LogP contribution in [0.3, 0.4) is 0 Å². The van der Waals surface area contributed by atoms with Crippen molar-refractivity contribution in [2.75, 3.05) is 13.1 Å². The molecule has 0 saturated carbocycles. The van der Waals surface area contributed by atoms with E-state index in [-0.39, 0.29) is 11.8 Å². The minimum Gasteiger partial charge on any atom is -0.338 e. The van der Waals surface area contributed by atoms with Crippen LogP contribution in [0.1, 0.15) is 44.7 Å². The largest absolute Gasteiger partial charge is 0.338 e. The highest BCUT2D eigenvalue weighted by Crippen LogP contribution is 2.29. The van der Waals surface area contributed by atoms with Gasteiger partial charge in [-0.3, -0.25) is 9.78 Å². The molecule has 1 fully saturated rings. The minimum atomic E-state index is 0.123. The van der Waals surface area contributed by atoms with Gasteiger partial charge >= 0.3 is 0 Å². The number of carbonyl (C=O) groups excluding carboxylic acids is 1. The van der Waals surface area contributed by atoms with Crippen LogP contribution in [0.4, 0.5) is 0 Å². The van der Waals surface area contributed by atoms with E-state index in [0.717, 1.165) is 17.7 Å². The second kappa shape index (κ2) is 6.95. The van der Waals surface area contributed by atoms with Crippen LogP contribution in [-0.2, 0) is 0 Å². The molecule has 0 aromatic carbocycles. The molecule has 1 aliphatic heterocycles. The zero-order valence-electron chi connectivity index (χ0n) is 14.7. The van der Waals surface area contributed by atoms with Gasteiger partial charge in [-0.2, -0.15) is 4.98 Å². The first-order chi connectivity index (χ1) is 12.6. The molecule has 0 atom stereocenters. The van der Waals surface area contributed by atoms with Crippen molar-refractivity contribution in [2.45, 2.75) is 32.6 Å². The van der Waals surface area contributed by atoms with Gasteiger partial charge in [-0.25, -0.2) is 4.98 Å². The van der Waals surface area contributed by atoms with Crippen molar-refractivity contribution in [3.8, 4) is 11.6 Å². The fraction of sp³-hybridized carbons (Fsp3) is 0.389. The maximum atomic E-state index is 12.7. The van der Waals surface area contributed by atoms with Gasteiger partial charge in [-0.15, -0.1) is 11.3 Å². The number of hydrogen-bond acceptors (Lipinski definition) is 7. The second-order valence-electron chi connectivity index (χ2n) is 6.46. The van der Waals surface area contributed by atoms with E-state index in [1.54, 1.807) is 29.9 Å². The molecule has 0 unspecified atom stereocenters. The molecule has 0 radical (unpaired) electrons. The van der Waals surface area contributed by atoms with Crippen molar-refractivity contribution in [3.63, 3.8) is 0 Å². The third-order valence-electron chi connectivity index (χ3n) is 4.75. The third kappa shape index (κ3) is 3.24. The number of nitrogens with zero attached hydrogens (tertiary/aromatic N) is 5. The van der Waals surface area contributed by atoms with Crippen molar-refractivity contribution >= 4 is 17.2 Å². The van der Waals surface area contributed by atoms with Crippen LogP contribution in [0.15, 0.2) is 29.2 Å². The summed E-state index contributed by atoms with van der Waals surface area (Å²) in [5, 5.41) is 4.10. The van der Waals surface area contributed by atoms with E-state index in [1.807, 2.05) is 24.8 Å². The number of rotatable bonds is 3. The maximum Gasteiger partial charge on any atom is 0.278 e. The van der Waals surface area contributed by atoms with E-state index in [0.29, 0.717) is 30.5 Å². The van der Waals surface area contributed by atoms with Crippen molar-refractivity contribution in [1.29, 1.82) is 0 Å². The normalized spacial score (nSPS) is 15.4. The SMILES string of the molecule is Cc1cc(C(=O)N2CCC(c3noc(-c4cnccn4)n3)CC2)sc1C. The van der Waals surface area contributed by atoms with Gasteiger partial charge in [0.1, 0.15) is 5.69 Å². The van der Waals surface area contributed by atoms with Gasteiger partial charge in [0.2, 0.25) is 0 Å². The van der Waals surface area contributed by atoms with E-state index in [4.69, 9.17) is 4.52 Å². The molecule has 1 saturated heterocycles. The Morgan fingerprint density at radius 3 is 2.73 bits per heavy atom. The number of amides is 1. The summed E-state index contributed by atoms with van der Waals surface area (Å²) in [4.78, 5) is 29.3. The molecular weight excluding hydrogens is 350 g/mol. The number of aromatic nitrogens is 4. The lowest BCUT2D eigenvalue weighted by Gasteiger charge is -2.30. The summed E-state index contributed by atoms with van der Waals surface area (Å²) in [5.74, 6) is 1.38. The molecule has 26 heavy (non-hydrogen) atoms. The molecule has 8 heteroatoms. The Morgan fingerprint density at radius 1 is 1.27 bits per heavy atom. The zero-order chi connectivity index (χ0) is 18.1. The van der Waals surface area contributed by atoms with Crippen molar-refractivity contribution < 1.29 is 9.32 Å². The second-order valence-corrected chi connectivity index (χ2v) is 7.72. The molecule has 0 N–H and O–H groups in total. The maximum absolute atomic E-state index is 12.7. The Balaban J connectivity index is 1.41. The van der Waals surface area contributed by atoms with E-state index in [9.17, 15) is 4.79 Å². The molecule has 4 rings (SSSR count). The highest BCUT2D eigenvalue weighted by atomic mass is 32.1. The molecule has 134 valence electrons. The Kier molecular flexibility index (Phi) is 4.50. The lowest BCUT2D eigenvalue weighted by Crippen LogP contribution is -2.37. The van der Waals surface area contributed by atoms with Crippen LogP contribution in [0, 0.1) is 13.8 Å². The van der Waals surface area contributed by atoms with E-state index in [2.05, 4.69) is 20.1 Å². The van der Waals surface area contributed by atoms with Gasteiger partial charge in [0, 0.05) is 36.3 Å². The minimum absolute atomic E-state index is 0.123. The van der Waals surface area contributed by atoms with Gasteiger partial charge in [0.05, 0.1) is 11.1 Å². The Bertz CT molecular complexity index is 893. The van der Waals surface area contributed by atoms with Crippen LogP contribution in [0.25, 0.3) is 11.6 Å². The average molecular weight is 369 g/mol. The topological polar surface area (TPSA) is 85.0 Å². The summed E-state index contributed by atoms with van der Waals surface area (Å²) in [6.45, 7) is 5.50. The first-order valence-electron chi connectivity index (χ1n) is 8.58. The van der Waals surface area contributed by atoms with Gasteiger partial charge in [0.25, 0.3) is 11.8 Å². The Labute approximate surface area is 155 Å². The highest BCUT2D eigenvalue weighted by molar-refractivity contribution is 7.14. The quantitative estimate of drug-likeness (QED) is 0.705. The Morgan fingerprint density at radius 2 is 2.08 bits per heavy atom. The first kappa shape index (κ1) is 16.8. The van der Waals surface area contributed by atoms with Crippen molar-refractivity contribution in [2.24, 2.45) is 0 Å². The fourth-order valence-electron chi connectivity index (χ4n) is 3.09. The predicted octanol–water partition coefficient (Wildman–Crippen LogP) is 3.22. The van der Waals surface area contributed by atoms with Gasteiger partial charge in [0.15, 0.2) is 5.82 Å². The summed E-state index contributed by atoms with van der Waals surface area (Å²) in [7, 11) is 0. The standard InChI is InChI=1S/C18H19N5O2S/c1-11-9-15(26-12(11)2)18(24)23-7-3-13(4-8-23)16-21-17(25-22-16)14-10-19-5-6-20-14/h5-6,9-10,13H,3-4,7-8H2,1-2H3. The number of aryl methyl sites for hydroxylation is 2. The molecule has 4 heterocycles. The smallest absolute Gasteiger partial charge is 0.278 e. The summed E-state index contributed by atoms with van der Waals surface area (Å²) in [5.41, 5.74) is 1.75. The summed E-state index contributed by atoms with van der Waals surface area (Å²) >= 11 is 1.57. The van der Waals surface area contributed by atoms with Crippen LogP contribution >= 0.6 is 11.3 Å². The molecule has 7 nitrogen and oxygen atoms in total. The first-order valence-corrected chi connectivity index (χ1v) is 9.40. The van der Waals surface area contributed by atoms with E-state index in [1.165, 1.54) is 10.4 Å². The molecule has 1 amide bonds. The molecule has 0 bridgehead atoms. The van der Waals surface area contributed by atoms with Crippen LogP contribution < -0.4 is 0 Å². The van der Waals surface area contributed by atoms with E-state index < -0.39 is 0 Å². The zero-order valence-corrected chi connectivity index (χ0v) is 15.5. The van der Waals surface area contributed by atoms with Crippen LogP contribution in [0.2, 0.25) is 0 Å². The average Bonchev–Trinajstić information content (AvgIpc) is 3.30. The molecule has 1 aliphatic rings. The van der Waals surface area contributed by atoms with Crippen LogP contribution in [-0.4, -0.2) is 44.0 Å². The molecule has 0 spiro atoms. The number of thiophene rings is 1.